The van der Waals surface area contributed by atoms with Crippen molar-refractivity contribution in [1.82, 2.24) is 9.88 Å². The number of aromatic nitrogens is 1. The van der Waals surface area contributed by atoms with Crippen LogP contribution in [0.25, 0.3) is 22.2 Å². The number of rotatable bonds is 7. The van der Waals surface area contributed by atoms with E-state index >= 15 is 0 Å². The number of benzene rings is 2. The van der Waals surface area contributed by atoms with Crippen molar-refractivity contribution in [3.63, 3.8) is 0 Å². The minimum Gasteiger partial charge on any atom is -0.488 e. The van der Waals surface area contributed by atoms with Crippen LogP contribution in [0.2, 0.25) is 0 Å². The molecule has 4 rings (SSSR count). The van der Waals surface area contributed by atoms with Crippen molar-refractivity contribution in [3.05, 3.63) is 48.0 Å². The zero-order valence-corrected chi connectivity index (χ0v) is 18.6. The summed E-state index contributed by atoms with van der Waals surface area (Å²) in [7, 11) is 0. The largest absolute Gasteiger partial charge is 0.488 e. The molecule has 2 aromatic carbocycles. The molecule has 8 heteroatoms. The summed E-state index contributed by atoms with van der Waals surface area (Å²) < 4.78 is 32.6. The number of urea groups is 1. The van der Waals surface area contributed by atoms with Crippen LogP contribution >= 0.6 is 0 Å². The van der Waals surface area contributed by atoms with E-state index in [4.69, 9.17) is 4.74 Å². The first-order valence-corrected chi connectivity index (χ1v) is 11.0. The van der Waals surface area contributed by atoms with E-state index < -0.39 is 13.0 Å². The first-order chi connectivity index (χ1) is 15.9. The van der Waals surface area contributed by atoms with Crippen LogP contribution in [-0.2, 0) is 0 Å². The lowest BCUT2D eigenvalue weighted by atomic mass is 9.92. The molecule has 1 aromatic heterocycles. The van der Waals surface area contributed by atoms with Crippen molar-refractivity contribution in [2.45, 2.75) is 51.6 Å². The van der Waals surface area contributed by atoms with Gasteiger partial charge < -0.3 is 19.9 Å². The van der Waals surface area contributed by atoms with Crippen LogP contribution in [0.4, 0.5) is 19.3 Å². The van der Waals surface area contributed by atoms with Crippen LogP contribution in [0.5, 0.6) is 5.75 Å². The second-order valence-corrected chi connectivity index (χ2v) is 8.50. The van der Waals surface area contributed by atoms with Crippen LogP contribution in [0.1, 0.15) is 44.7 Å². The summed E-state index contributed by atoms with van der Waals surface area (Å²) in [4.78, 5) is 12.0. The molecule has 0 spiro atoms. The quantitative estimate of drug-likeness (QED) is 0.456. The van der Waals surface area contributed by atoms with Crippen LogP contribution in [0.3, 0.4) is 0 Å². The van der Waals surface area contributed by atoms with Crippen LogP contribution in [0, 0.1) is 11.3 Å². The van der Waals surface area contributed by atoms with Crippen molar-refractivity contribution < 1.29 is 18.3 Å². The predicted molar refractivity (Wildman–Crippen MR) is 124 cm³/mol. The van der Waals surface area contributed by atoms with Gasteiger partial charge in [0.05, 0.1) is 16.8 Å². The number of carbonyl (C=O) groups excluding carboxylic acids is 1. The number of hydrogen-bond donors (Lipinski definition) is 2. The maximum absolute atomic E-state index is 12.6. The summed E-state index contributed by atoms with van der Waals surface area (Å²) >= 11 is 0. The Hall–Kier alpha value is -3.60. The Kier molecular flexibility index (Phi) is 6.50. The van der Waals surface area contributed by atoms with Gasteiger partial charge in [-0.3, -0.25) is 0 Å². The van der Waals surface area contributed by atoms with Crippen molar-refractivity contribution in [1.29, 1.82) is 5.26 Å². The molecule has 0 unspecified atom stereocenters. The van der Waals surface area contributed by atoms with Gasteiger partial charge in [0.2, 0.25) is 0 Å². The lowest BCUT2D eigenvalue weighted by Gasteiger charge is -2.30. The van der Waals surface area contributed by atoms with E-state index in [2.05, 4.69) is 21.3 Å². The van der Waals surface area contributed by atoms with Crippen LogP contribution in [0.15, 0.2) is 42.5 Å². The van der Waals surface area contributed by atoms with Crippen molar-refractivity contribution in [2.75, 3.05) is 11.9 Å². The molecule has 172 valence electrons. The molecule has 3 aromatic rings. The summed E-state index contributed by atoms with van der Waals surface area (Å²) in [5, 5.41) is 16.3. The number of ether oxygens (including phenoxy) is 1. The van der Waals surface area contributed by atoms with Crippen molar-refractivity contribution in [3.8, 4) is 23.1 Å². The fourth-order valence-corrected chi connectivity index (χ4v) is 4.10. The average molecular weight is 453 g/mol. The monoisotopic (exact) mass is 452 g/mol. The zero-order valence-electron chi connectivity index (χ0n) is 18.6. The molecule has 1 fully saturated rings. The summed E-state index contributed by atoms with van der Waals surface area (Å²) in [6.45, 7) is 3.08. The summed E-state index contributed by atoms with van der Waals surface area (Å²) in [6, 6.07) is 14.9. The number of fused-ring (bicyclic) bond motifs is 1. The van der Waals surface area contributed by atoms with Gasteiger partial charge in [-0.25, -0.2) is 13.6 Å². The molecule has 33 heavy (non-hydrogen) atoms. The molecule has 0 bridgehead atoms. The second kappa shape index (κ2) is 9.49. The first-order valence-electron chi connectivity index (χ1n) is 11.0. The third kappa shape index (κ3) is 4.77. The van der Waals surface area contributed by atoms with Crippen LogP contribution < -0.4 is 15.4 Å². The van der Waals surface area contributed by atoms with Gasteiger partial charge in [0, 0.05) is 23.2 Å². The van der Waals surface area contributed by atoms with E-state index in [-0.39, 0.29) is 18.1 Å². The highest BCUT2D eigenvalue weighted by Gasteiger charge is 2.28. The van der Waals surface area contributed by atoms with Crippen LogP contribution in [-0.4, -0.2) is 29.7 Å². The third-order valence-corrected chi connectivity index (χ3v) is 5.74. The SMILES string of the molecule is CC(C)NC(=O)Nc1ccc(-c2c(C#N)c3cc(OCC(F)F)ccc3n2C2CCC2)cc1. The molecule has 1 aliphatic rings. The number of hydrogen-bond acceptors (Lipinski definition) is 3. The molecule has 2 amide bonds. The summed E-state index contributed by atoms with van der Waals surface area (Å²) in [6.07, 6.45) is 0.580. The van der Waals surface area contributed by atoms with E-state index in [0.29, 0.717) is 22.4 Å². The molecule has 0 aliphatic heterocycles. The van der Waals surface area contributed by atoms with E-state index in [1.165, 1.54) is 0 Å². The maximum Gasteiger partial charge on any atom is 0.319 e. The fraction of sp³-hybridized carbons (Fsp3) is 0.360. The Morgan fingerprint density at radius 3 is 2.52 bits per heavy atom. The predicted octanol–water partition coefficient (Wildman–Crippen LogP) is 6.08. The van der Waals surface area contributed by atoms with E-state index in [9.17, 15) is 18.8 Å². The number of amides is 2. The van der Waals surface area contributed by atoms with Gasteiger partial charge in [-0.2, -0.15) is 5.26 Å². The Labute approximate surface area is 191 Å². The van der Waals surface area contributed by atoms with Gasteiger partial charge in [-0.05, 0) is 69.0 Å². The smallest absolute Gasteiger partial charge is 0.319 e. The molecule has 0 radical (unpaired) electrons. The fourth-order valence-electron chi connectivity index (χ4n) is 4.10. The Bertz CT molecular complexity index is 1190. The van der Waals surface area contributed by atoms with Crippen molar-refractivity contribution >= 4 is 22.6 Å². The molecule has 0 atom stereocenters. The Balaban J connectivity index is 1.74. The highest BCUT2D eigenvalue weighted by Crippen LogP contribution is 2.43. The Morgan fingerprint density at radius 1 is 1.21 bits per heavy atom. The average Bonchev–Trinajstić information content (AvgIpc) is 3.04. The molecule has 2 N–H and O–H groups in total. The lowest BCUT2D eigenvalue weighted by molar-refractivity contribution is 0.0820. The summed E-state index contributed by atoms with van der Waals surface area (Å²) in [5.41, 5.74) is 3.65. The number of carbonyl (C=O) groups is 1. The minimum absolute atomic E-state index is 0.0233. The topological polar surface area (TPSA) is 79.1 Å². The number of anilines is 1. The van der Waals surface area contributed by atoms with E-state index in [1.54, 1.807) is 24.3 Å². The number of nitriles is 1. The highest BCUT2D eigenvalue weighted by atomic mass is 19.3. The van der Waals surface area contributed by atoms with Gasteiger partial charge in [0.25, 0.3) is 6.43 Å². The molecular formula is C25H26F2N4O2. The molecule has 0 saturated heterocycles. The standard InChI is InChI=1S/C25H26F2N4O2/c1-15(2)29-25(32)30-17-8-6-16(7-9-17)24-21(13-28)20-12-19(33-14-23(26)27)10-11-22(20)31(24)18-4-3-5-18/h6-12,15,18,23H,3-5,14H2,1-2H3,(H2,29,30,32). The highest BCUT2D eigenvalue weighted by molar-refractivity contribution is 5.96. The molecular weight excluding hydrogens is 426 g/mol. The number of halogens is 2. The Morgan fingerprint density at radius 2 is 1.94 bits per heavy atom. The third-order valence-electron chi connectivity index (χ3n) is 5.74. The van der Waals surface area contributed by atoms with E-state index in [1.807, 2.05) is 32.0 Å². The van der Waals surface area contributed by atoms with Gasteiger partial charge in [0.1, 0.15) is 18.4 Å². The minimum atomic E-state index is -2.57. The summed E-state index contributed by atoms with van der Waals surface area (Å²) in [5.74, 6) is 0.312. The lowest BCUT2D eigenvalue weighted by Crippen LogP contribution is -2.34. The normalized spacial score (nSPS) is 13.7. The molecule has 1 saturated carbocycles. The second-order valence-electron chi connectivity index (χ2n) is 8.50. The maximum atomic E-state index is 12.6. The molecule has 1 heterocycles. The number of alkyl halides is 2. The van der Waals surface area contributed by atoms with Gasteiger partial charge >= 0.3 is 6.03 Å². The number of nitrogens with one attached hydrogen (secondary N) is 2. The zero-order chi connectivity index (χ0) is 23.5. The molecule has 1 aliphatic carbocycles. The van der Waals surface area contributed by atoms with Gasteiger partial charge in [-0.15, -0.1) is 0 Å². The van der Waals surface area contributed by atoms with Gasteiger partial charge in [-0.1, -0.05) is 12.1 Å². The first kappa shape index (κ1) is 22.6. The van der Waals surface area contributed by atoms with Gasteiger partial charge in [0.15, 0.2) is 0 Å². The number of nitrogens with zero attached hydrogens (tertiary/aromatic N) is 2. The van der Waals surface area contributed by atoms with Crippen molar-refractivity contribution in [2.24, 2.45) is 0 Å². The van der Waals surface area contributed by atoms with E-state index in [0.717, 1.165) is 36.0 Å². The molecule has 6 nitrogen and oxygen atoms in total.